The van der Waals surface area contributed by atoms with Crippen molar-refractivity contribution in [3.63, 3.8) is 0 Å². The van der Waals surface area contributed by atoms with Crippen LogP contribution in [0.15, 0.2) is 18.2 Å². The highest BCUT2D eigenvalue weighted by Crippen LogP contribution is 2.42. The summed E-state index contributed by atoms with van der Waals surface area (Å²) in [4.78, 5) is 12.1. The minimum absolute atomic E-state index is 0.120. The minimum Gasteiger partial charge on any atom is -0.493 e. The fourth-order valence-corrected chi connectivity index (χ4v) is 3.05. The van der Waals surface area contributed by atoms with Crippen molar-refractivity contribution < 1.29 is 14.3 Å². The van der Waals surface area contributed by atoms with Crippen molar-refractivity contribution in [3.8, 4) is 11.5 Å². The zero-order valence-corrected chi connectivity index (χ0v) is 13.3. The molecule has 1 aliphatic carbocycles. The first kappa shape index (κ1) is 14.8. The molecule has 0 unspecified atom stereocenters. The van der Waals surface area contributed by atoms with Crippen molar-refractivity contribution in [2.24, 2.45) is 0 Å². The van der Waals surface area contributed by atoms with E-state index in [0.717, 1.165) is 10.6 Å². The Balaban J connectivity index is 1.63. The fourth-order valence-electron chi connectivity index (χ4n) is 2.12. The number of aromatic nitrogens is 2. The van der Waals surface area contributed by atoms with Gasteiger partial charge < -0.3 is 14.8 Å². The molecule has 7 heteroatoms. The predicted molar refractivity (Wildman–Crippen MR) is 83.8 cm³/mol. The van der Waals surface area contributed by atoms with Gasteiger partial charge in [-0.3, -0.25) is 4.79 Å². The first-order chi connectivity index (χ1) is 10.7. The summed E-state index contributed by atoms with van der Waals surface area (Å²) in [6, 6.07) is 5.43. The van der Waals surface area contributed by atoms with E-state index in [0.29, 0.717) is 22.5 Å². The van der Waals surface area contributed by atoms with Gasteiger partial charge in [-0.15, -0.1) is 10.2 Å². The largest absolute Gasteiger partial charge is 0.493 e. The second kappa shape index (κ2) is 6.31. The van der Waals surface area contributed by atoms with Crippen LogP contribution in [0.4, 0.5) is 5.13 Å². The van der Waals surface area contributed by atoms with Crippen LogP contribution in [0.1, 0.15) is 29.3 Å². The van der Waals surface area contributed by atoms with E-state index in [9.17, 15) is 4.79 Å². The molecule has 0 radical (unpaired) electrons. The number of amides is 1. The third-order valence-corrected chi connectivity index (χ3v) is 4.43. The molecule has 0 saturated heterocycles. The molecule has 0 atom stereocenters. The Morgan fingerprint density at radius 3 is 2.73 bits per heavy atom. The second-order valence-corrected chi connectivity index (χ2v) is 6.14. The maximum atomic E-state index is 12.1. The summed E-state index contributed by atoms with van der Waals surface area (Å²) in [7, 11) is 3.15. The van der Waals surface area contributed by atoms with Crippen LogP contribution < -0.4 is 14.8 Å². The molecule has 1 N–H and O–H groups in total. The van der Waals surface area contributed by atoms with E-state index in [2.05, 4.69) is 15.5 Å². The van der Waals surface area contributed by atoms with Gasteiger partial charge in [-0.05, 0) is 30.5 Å². The van der Waals surface area contributed by atoms with E-state index in [1.807, 2.05) is 6.07 Å². The molecular weight excluding hydrogens is 302 g/mol. The first-order valence-electron chi connectivity index (χ1n) is 7.03. The molecule has 2 aromatic rings. The lowest BCUT2D eigenvalue weighted by molar-refractivity contribution is -0.115. The van der Waals surface area contributed by atoms with Crippen LogP contribution in [0.3, 0.4) is 0 Å². The number of nitrogens with one attached hydrogen (secondary N) is 1. The van der Waals surface area contributed by atoms with Crippen molar-refractivity contribution in [1.29, 1.82) is 0 Å². The van der Waals surface area contributed by atoms with Crippen molar-refractivity contribution in [3.05, 3.63) is 28.8 Å². The van der Waals surface area contributed by atoms with Crippen LogP contribution in [0, 0.1) is 0 Å². The Kier molecular flexibility index (Phi) is 4.24. The Labute approximate surface area is 132 Å². The molecule has 1 aliphatic rings. The molecule has 1 fully saturated rings. The summed E-state index contributed by atoms with van der Waals surface area (Å²) in [6.45, 7) is 0. The summed E-state index contributed by atoms with van der Waals surface area (Å²) < 4.78 is 10.4. The van der Waals surface area contributed by atoms with Crippen LogP contribution in [0.5, 0.6) is 11.5 Å². The minimum atomic E-state index is -0.120. The Morgan fingerprint density at radius 1 is 1.27 bits per heavy atom. The summed E-state index contributed by atoms with van der Waals surface area (Å²) >= 11 is 1.46. The van der Waals surface area contributed by atoms with E-state index in [-0.39, 0.29) is 12.3 Å². The number of anilines is 1. The molecule has 3 rings (SSSR count). The number of hydrogen-bond acceptors (Lipinski definition) is 6. The van der Waals surface area contributed by atoms with Gasteiger partial charge in [0, 0.05) is 5.92 Å². The molecule has 116 valence electrons. The third-order valence-electron chi connectivity index (χ3n) is 3.43. The van der Waals surface area contributed by atoms with Crippen molar-refractivity contribution >= 4 is 22.4 Å². The Bertz CT molecular complexity index is 682. The molecule has 1 amide bonds. The van der Waals surface area contributed by atoms with Gasteiger partial charge in [-0.25, -0.2) is 0 Å². The van der Waals surface area contributed by atoms with E-state index < -0.39 is 0 Å². The summed E-state index contributed by atoms with van der Waals surface area (Å²) in [5.41, 5.74) is 0.849. The molecule has 1 aromatic heterocycles. The quantitative estimate of drug-likeness (QED) is 0.886. The van der Waals surface area contributed by atoms with Crippen LogP contribution in [0.2, 0.25) is 0 Å². The number of benzene rings is 1. The molecular formula is C15H17N3O3S. The molecule has 0 aliphatic heterocycles. The number of ether oxygens (including phenoxy) is 2. The smallest absolute Gasteiger partial charge is 0.230 e. The van der Waals surface area contributed by atoms with Crippen LogP contribution >= 0.6 is 11.3 Å². The number of nitrogens with zero attached hydrogens (tertiary/aromatic N) is 2. The van der Waals surface area contributed by atoms with Gasteiger partial charge >= 0.3 is 0 Å². The van der Waals surface area contributed by atoms with Gasteiger partial charge in [0.2, 0.25) is 11.0 Å². The van der Waals surface area contributed by atoms with Gasteiger partial charge in [0.05, 0.1) is 20.6 Å². The number of hydrogen-bond donors (Lipinski definition) is 1. The van der Waals surface area contributed by atoms with Crippen molar-refractivity contribution in [1.82, 2.24) is 10.2 Å². The maximum Gasteiger partial charge on any atom is 0.230 e. The number of carbonyl (C=O) groups excluding carboxylic acids is 1. The monoisotopic (exact) mass is 319 g/mol. The Morgan fingerprint density at radius 2 is 2.05 bits per heavy atom. The van der Waals surface area contributed by atoms with Crippen molar-refractivity contribution in [2.45, 2.75) is 25.2 Å². The first-order valence-corrected chi connectivity index (χ1v) is 7.85. The standard InChI is InChI=1S/C15H17N3O3S/c1-20-11-6-3-9(7-12(11)21-2)8-13(19)16-15-18-17-14(22-15)10-4-5-10/h3,6-7,10H,4-5,8H2,1-2H3,(H,16,18,19). The number of methoxy groups -OCH3 is 2. The summed E-state index contributed by atoms with van der Waals surface area (Å²) in [6.07, 6.45) is 2.60. The highest BCUT2D eigenvalue weighted by molar-refractivity contribution is 7.15. The molecule has 6 nitrogen and oxygen atoms in total. The van der Waals surface area contributed by atoms with Gasteiger partial charge in [-0.2, -0.15) is 0 Å². The normalized spacial score (nSPS) is 13.7. The summed E-state index contributed by atoms with van der Waals surface area (Å²) in [5, 5.41) is 12.5. The summed E-state index contributed by atoms with van der Waals surface area (Å²) in [5.74, 6) is 1.68. The lowest BCUT2D eigenvalue weighted by Crippen LogP contribution is -2.14. The fraction of sp³-hybridized carbons (Fsp3) is 0.400. The molecule has 1 heterocycles. The third kappa shape index (κ3) is 3.36. The van der Waals surface area contributed by atoms with Crippen LogP contribution in [-0.4, -0.2) is 30.3 Å². The zero-order chi connectivity index (χ0) is 15.5. The van der Waals surface area contributed by atoms with Crippen LogP contribution in [-0.2, 0) is 11.2 Å². The van der Waals surface area contributed by atoms with E-state index >= 15 is 0 Å². The predicted octanol–water partition coefficient (Wildman–Crippen LogP) is 2.61. The topological polar surface area (TPSA) is 73.3 Å². The van der Waals surface area contributed by atoms with E-state index in [1.54, 1.807) is 26.4 Å². The van der Waals surface area contributed by atoms with Gasteiger partial charge in [0.25, 0.3) is 0 Å². The molecule has 1 aromatic carbocycles. The van der Waals surface area contributed by atoms with E-state index in [4.69, 9.17) is 9.47 Å². The SMILES string of the molecule is COc1ccc(CC(=O)Nc2nnc(C3CC3)s2)cc1OC. The average Bonchev–Trinajstić information content (AvgIpc) is 3.27. The highest BCUT2D eigenvalue weighted by atomic mass is 32.1. The lowest BCUT2D eigenvalue weighted by Gasteiger charge is -2.09. The lowest BCUT2D eigenvalue weighted by atomic mass is 10.1. The highest BCUT2D eigenvalue weighted by Gasteiger charge is 2.27. The molecule has 1 saturated carbocycles. The van der Waals surface area contributed by atoms with Gasteiger partial charge in [0.15, 0.2) is 11.5 Å². The van der Waals surface area contributed by atoms with Gasteiger partial charge in [0.1, 0.15) is 5.01 Å². The molecule has 0 spiro atoms. The number of carbonyl (C=O) groups is 1. The van der Waals surface area contributed by atoms with Gasteiger partial charge in [-0.1, -0.05) is 17.4 Å². The Hall–Kier alpha value is -2.15. The second-order valence-electron chi connectivity index (χ2n) is 5.13. The maximum absolute atomic E-state index is 12.1. The number of rotatable bonds is 6. The molecule has 22 heavy (non-hydrogen) atoms. The zero-order valence-electron chi connectivity index (χ0n) is 12.5. The van der Waals surface area contributed by atoms with E-state index in [1.165, 1.54) is 24.2 Å². The van der Waals surface area contributed by atoms with Crippen molar-refractivity contribution in [2.75, 3.05) is 19.5 Å². The van der Waals surface area contributed by atoms with Crippen LogP contribution in [0.25, 0.3) is 0 Å². The molecule has 0 bridgehead atoms. The average molecular weight is 319 g/mol.